The minimum atomic E-state index is -3.87. The van der Waals surface area contributed by atoms with Crippen LogP contribution in [0.3, 0.4) is 0 Å². The number of rotatable bonds is 11. The van der Waals surface area contributed by atoms with Gasteiger partial charge in [0.05, 0.1) is 25.1 Å². The Morgan fingerprint density at radius 3 is 2.39 bits per heavy atom. The minimum Gasteiger partial charge on any atom is -0.467 e. The smallest absolute Gasteiger partial charge is 0.238 e. The maximum atomic E-state index is 13.9. The van der Waals surface area contributed by atoms with Crippen molar-refractivity contribution >= 4 is 21.7 Å². The Morgan fingerprint density at radius 1 is 1.11 bits per heavy atom. The van der Waals surface area contributed by atoms with E-state index in [-0.39, 0.29) is 54.3 Å². The van der Waals surface area contributed by atoms with Crippen LogP contribution in [0.5, 0.6) is 0 Å². The molecule has 0 aliphatic heterocycles. The van der Waals surface area contributed by atoms with Gasteiger partial charge in [0.2, 0.25) is 15.9 Å². The van der Waals surface area contributed by atoms with Crippen molar-refractivity contribution in [1.29, 1.82) is 0 Å². The van der Waals surface area contributed by atoms with Gasteiger partial charge in [-0.15, -0.1) is 0 Å². The van der Waals surface area contributed by atoms with Crippen LogP contribution < -0.4 is 0 Å². The maximum absolute atomic E-state index is 13.9. The molecule has 2 unspecified atom stereocenters. The third-order valence-corrected chi connectivity index (χ3v) is 10.3. The predicted octanol–water partition coefficient (Wildman–Crippen LogP) is 4.49. The molecule has 2 bridgehead atoms. The number of benzene rings is 1. The lowest BCUT2D eigenvalue weighted by Crippen LogP contribution is -2.50. The molecule has 2 aliphatic carbocycles. The molecule has 0 spiro atoms. The van der Waals surface area contributed by atoms with Crippen LogP contribution in [0, 0.1) is 22.7 Å². The molecule has 7 nitrogen and oxygen atoms in total. The summed E-state index contributed by atoms with van der Waals surface area (Å²) in [5.74, 6) is 0.437. The van der Waals surface area contributed by atoms with Gasteiger partial charge in [0.15, 0.2) is 0 Å². The summed E-state index contributed by atoms with van der Waals surface area (Å²) in [6.45, 7) is 8.49. The Hall–Kier alpha value is -2.45. The van der Waals surface area contributed by atoms with Gasteiger partial charge in [-0.05, 0) is 47.8 Å². The first-order chi connectivity index (χ1) is 16.9. The topological polar surface area (TPSA) is 87.9 Å². The normalized spacial score (nSPS) is 23.1. The highest BCUT2D eigenvalue weighted by Gasteiger charge is 2.65. The fraction of sp³-hybridized carbons (Fsp3) is 0.571. The van der Waals surface area contributed by atoms with E-state index in [0.29, 0.717) is 25.1 Å². The Morgan fingerprint density at radius 2 is 1.83 bits per heavy atom. The summed E-state index contributed by atoms with van der Waals surface area (Å²) in [7, 11) is -3.87. The molecule has 2 aromatic rings. The average molecular weight is 515 g/mol. The van der Waals surface area contributed by atoms with Crippen molar-refractivity contribution in [2.24, 2.45) is 22.7 Å². The summed E-state index contributed by atoms with van der Waals surface area (Å²) in [4.78, 5) is 28.3. The van der Waals surface area contributed by atoms with Gasteiger partial charge < -0.3 is 9.32 Å². The average Bonchev–Trinajstić information content (AvgIpc) is 3.45. The van der Waals surface area contributed by atoms with Crippen molar-refractivity contribution in [1.82, 2.24) is 9.21 Å². The van der Waals surface area contributed by atoms with E-state index in [0.717, 1.165) is 12.0 Å². The van der Waals surface area contributed by atoms with Gasteiger partial charge in [-0.2, -0.15) is 4.31 Å². The van der Waals surface area contributed by atoms with Crippen LogP contribution in [-0.2, 0) is 32.7 Å². The van der Waals surface area contributed by atoms with Gasteiger partial charge in [0.25, 0.3) is 0 Å². The number of carbonyl (C=O) groups is 2. The molecule has 2 aliphatic rings. The first-order valence-electron chi connectivity index (χ1n) is 12.8. The quantitative estimate of drug-likeness (QED) is 0.441. The van der Waals surface area contributed by atoms with Crippen LogP contribution in [-0.4, -0.2) is 48.2 Å². The van der Waals surface area contributed by atoms with Crippen molar-refractivity contribution in [3.05, 3.63) is 60.1 Å². The van der Waals surface area contributed by atoms with Gasteiger partial charge >= 0.3 is 0 Å². The molecule has 2 fully saturated rings. The van der Waals surface area contributed by atoms with E-state index in [1.807, 2.05) is 58.0 Å². The lowest BCUT2D eigenvalue weighted by atomic mass is 9.70. The summed E-state index contributed by atoms with van der Waals surface area (Å²) in [5, 5.41) is 0. The number of hydrogen-bond donors (Lipinski definition) is 0. The number of carbonyl (C=O) groups excluding carboxylic acids is 2. The molecular formula is C28H38N2O5S. The van der Waals surface area contributed by atoms with Crippen molar-refractivity contribution in [2.45, 2.75) is 60.0 Å². The number of ketones is 1. The number of furan rings is 1. The monoisotopic (exact) mass is 514 g/mol. The lowest BCUT2D eigenvalue weighted by Gasteiger charge is -2.38. The Bertz CT molecular complexity index is 1170. The Balaban J connectivity index is 1.58. The van der Waals surface area contributed by atoms with E-state index in [4.69, 9.17) is 4.42 Å². The van der Waals surface area contributed by atoms with Crippen molar-refractivity contribution in [2.75, 3.05) is 18.8 Å². The van der Waals surface area contributed by atoms with Gasteiger partial charge in [-0.1, -0.05) is 58.0 Å². The van der Waals surface area contributed by atoms with E-state index >= 15 is 0 Å². The summed E-state index contributed by atoms with van der Waals surface area (Å²) in [6.07, 6.45) is 3.50. The first-order valence-corrected chi connectivity index (χ1v) is 14.4. The fourth-order valence-corrected chi connectivity index (χ4v) is 8.39. The van der Waals surface area contributed by atoms with E-state index in [1.165, 1.54) is 4.31 Å². The SMILES string of the molecule is CC(C)CN(CC(=O)N(Cc1ccccc1)Cc1ccco1)S(=O)(=O)CC12CCC(CC1=O)C2(C)C. The number of hydrogen-bond acceptors (Lipinski definition) is 5. The van der Waals surface area contributed by atoms with E-state index < -0.39 is 15.4 Å². The number of sulfonamides is 1. The molecular weight excluding hydrogens is 476 g/mol. The zero-order valence-electron chi connectivity index (χ0n) is 21.8. The van der Waals surface area contributed by atoms with Crippen LogP contribution in [0.2, 0.25) is 0 Å². The second-order valence-corrected chi connectivity index (χ2v) is 13.4. The molecule has 1 amide bonds. The molecule has 0 saturated heterocycles. The second kappa shape index (κ2) is 10.1. The first kappa shape index (κ1) is 26.6. The highest BCUT2D eigenvalue weighted by atomic mass is 32.2. The second-order valence-electron chi connectivity index (χ2n) is 11.4. The molecule has 8 heteroatoms. The minimum absolute atomic E-state index is 0.0290. The summed E-state index contributed by atoms with van der Waals surface area (Å²) < 4.78 is 34.5. The number of nitrogens with zero attached hydrogens (tertiary/aromatic N) is 2. The van der Waals surface area contributed by atoms with Crippen molar-refractivity contribution < 1.29 is 22.4 Å². The Kier molecular flexibility index (Phi) is 7.49. The van der Waals surface area contributed by atoms with Crippen LogP contribution in [0.1, 0.15) is 58.3 Å². The largest absolute Gasteiger partial charge is 0.467 e. The zero-order chi connectivity index (χ0) is 26.1. The van der Waals surface area contributed by atoms with Crippen LogP contribution in [0.15, 0.2) is 53.1 Å². The molecule has 1 aromatic carbocycles. The highest BCUT2D eigenvalue weighted by Crippen LogP contribution is 2.64. The predicted molar refractivity (Wildman–Crippen MR) is 138 cm³/mol. The van der Waals surface area contributed by atoms with Crippen molar-refractivity contribution in [3.8, 4) is 0 Å². The van der Waals surface area contributed by atoms with E-state index in [1.54, 1.807) is 23.3 Å². The molecule has 1 aromatic heterocycles. The third kappa shape index (κ3) is 5.16. The van der Waals surface area contributed by atoms with Gasteiger partial charge in [0, 0.05) is 24.9 Å². The standard InChI is InChI=1S/C28H38N2O5S/c1-21(2)16-30(36(33,34)20-28-13-12-23(15-25(28)31)27(28,3)4)19-26(32)29(18-24-11-8-14-35-24)17-22-9-6-5-7-10-22/h5-11,14,21,23H,12-13,15-20H2,1-4H3. The molecule has 196 valence electrons. The Labute approximate surface area is 214 Å². The van der Waals surface area contributed by atoms with Gasteiger partial charge in [-0.3, -0.25) is 9.59 Å². The van der Waals surface area contributed by atoms with Crippen LogP contribution in [0.4, 0.5) is 0 Å². The molecule has 4 rings (SSSR count). The van der Waals surface area contributed by atoms with Crippen LogP contribution >= 0.6 is 0 Å². The maximum Gasteiger partial charge on any atom is 0.238 e. The summed E-state index contributed by atoms with van der Waals surface area (Å²) in [5.41, 5.74) is -0.277. The summed E-state index contributed by atoms with van der Waals surface area (Å²) in [6, 6.07) is 13.2. The molecule has 1 heterocycles. The number of fused-ring (bicyclic) bond motifs is 2. The molecule has 2 atom stereocenters. The third-order valence-electron chi connectivity index (χ3n) is 8.34. The highest BCUT2D eigenvalue weighted by molar-refractivity contribution is 7.89. The van der Waals surface area contributed by atoms with Crippen molar-refractivity contribution in [3.63, 3.8) is 0 Å². The number of amides is 1. The van der Waals surface area contributed by atoms with E-state index in [9.17, 15) is 18.0 Å². The molecule has 36 heavy (non-hydrogen) atoms. The van der Waals surface area contributed by atoms with Gasteiger partial charge in [0.1, 0.15) is 11.5 Å². The molecule has 2 saturated carbocycles. The lowest BCUT2D eigenvalue weighted by molar-refractivity contribution is -0.133. The van der Waals surface area contributed by atoms with Gasteiger partial charge in [-0.25, -0.2) is 8.42 Å². The van der Waals surface area contributed by atoms with Crippen LogP contribution in [0.25, 0.3) is 0 Å². The fourth-order valence-electron chi connectivity index (χ4n) is 6.07. The molecule has 0 radical (unpaired) electrons. The summed E-state index contributed by atoms with van der Waals surface area (Å²) >= 11 is 0. The molecule has 0 N–H and O–H groups in total. The zero-order valence-corrected chi connectivity index (χ0v) is 22.6. The number of Topliss-reactive ketones (excluding diaryl/α,β-unsaturated/α-hetero) is 1. The van der Waals surface area contributed by atoms with E-state index in [2.05, 4.69) is 0 Å².